The Kier molecular flexibility index (Phi) is 2.17. The number of ether oxygens (including phenoxy) is 1. The maximum atomic E-state index is 5.08. The van der Waals surface area contributed by atoms with Gasteiger partial charge in [0.25, 0.3) is 0 Å². The van der Waals surface area contributed by atoms with E-state index in [1.165, 1.54) is 5.56 Å². The topological polar surface area (TPSA) is 33.6 Å². The van der Waals surface area contributed by atoms with Crippen molar-refractivity contribution in [2.75, 3.05) is 7.11 Å². The van der Waals surface area contributed by atoms with Crippen LogP contribution in [0.15, 0.2) is 29.4 Å². The van der Waals surface area contributed by atoms with E-state index in [0.29, 0.717) is 6.04 Å². The van der Waals surface area contributed by atoms with Crippen molar-refractivity contribution >= 4 is 6.21 Å². The van der Waals surface area contributed by atoms with Gasteiger partial charge in [-0.05, 0) is 17.7 Å². The minimum atomic E-state index is 0.339. The molecule has 0 aromatic heterocycles. The summed E-state index contributed by atoms with van der Waals surface area (Å²) in [5, 5.41) is 3.98. The molecule has 1 aliphatic rings. The molecule has 0 amide bonds. The number of hydrogen-bond donors (Lipinski definition) is 1. The lowest BCUT2D eigenvalue weighted by Gasteiger charge is -2.09. The Balaban J connectivity index is 2.13. The van der Waals surface area contributed by atoms with Crippen LogP contribution in [0.25, 0.3) is 0 Å². The highest BCUT2D eigenvalue weighted by Crippen LogP contribution is 2.21. The lowest BCUT2D eigenvalue weighted by molar-refractivity contribution is 0.414. The van der Waals surface area contributed by atoms with Crippen LogP contribution in [0.5, 0.6) is 5.75 Å². The van der Waals surface area contributed by atoms with Crippen LogP contribution in [0, 0.1) is 0 Å². The van der Waals surface area contributed by atoms with Gasteiger partial charge in [-0.15, -0.1) is 0 Å². The fourth-order valence-electron chi connectivity index (χ4n) is 1.40. The predicted octanol–water partition coefficient (Wildman–Crippen LogP) is 1.72. The zero-order valence-electron chi connectivity index (χ0n) is 7.53. The maximum Gasteiger partial charge on any atom is 0.118 e. The summed E-state index contributed by atoms with van der Waals surface area (Å²) in [4.78, 5) is 0. The predicted molar refractivity (Wildman–Crippen MR) is 52.0 cm³/mol. The van der Waals surface area contributed by atoms with Gasteiger partial charge in [-0.2, -0.15) is 5.10 Å². The van der Waals surface area contributed by atoms with Crippen molar-refractivity contribution in [2.24, 2.45) is 5.10 Å². The number of rotatable bonds is 2. The first-order valence-corrected chi connectivity index (χ1v) is 4.31. The van der Waals surface area contributed by atoms with Crippen LogP contribution in [0.4, 0.5) is 0 Å². The fourth-order valence-corrected chi connectivity index (χ4v) is 1.40. The summed E-state index contributed by atoms with van der Waals surface area (Å²) in [6.07, 6.45) is 2.86. The molecule has 3 nitrogen and oxygen atoms in total. The molecule has 2 rings (SSSR count). The Morgan fingerprint density at radius 1 is 1.38 bits per heavy atom. The largest absolute Gasteiger partial charge is 0.497 e. The monoisotopic (exact) mass is 176 g/mol. The van der Waals surface area contributed by atoms with Gasteiger partial charge < -0.3 is 10.2 Å². The molecule has 0 saturated carbocycles. The van der Waals surface area contributed by atoms with Crippen molar-refractivity contribution in [3.63, 3.8) is 0 Å². The average molecular weight is 176 g/mol. The highest BCUT2D eigenvalue weighted by atomic mass is 16.5. The third-order valence-electron chi connectivity index (χ3n) is 2.18. The van der Waals surface area contributed by atoms with E-state index < -0.39 is 0 Å². The van der Waals surface area contributed by atoms with E-state index in [2.05, 4.69) is 22.7 Å². The summed E-state index contributed by atoms with van der Waals surface area (Å²) in [5.41, 5.74) is 4.29. The molecule has 1 aromatic rings. The number of nitrogens with zero attached hydrogens (tertiary/aromatic N) is 1. The summed E-state index contributed by atoms with van der Waals surface area (Å²) in [6, 6.07) is 8.40. The van der Waals surface area contributed by atoms with Crippen LogP contribution in [0.1, 0.15) is 18.0 Å². The molecule has 68 valence electrons. The smallest absolute Gasteiger partial charge is 0.118 e. The molecule has 1 unspecified atom stereocenters. The summed E-state index contributed by atoms with van der Waals surface area (Å²) in [7, 11) is 1.67. The summed E-state index contributed by atoms with van der Waals surface area (Å²) in [5.74, 6) is 0.891. The van der Waals surface area contributed by atoms with E-state index in [1.54, 1.807) is 7.11 Å². The molecular formula is C10H12N2O. The summed E-state index contributed by atoms with van der Waals surface area (Å²) in [6.45, 7) is 0. The van der Waals surface area contributed by atoms with Crippen LogP contribution in [0.3, 0.4) is 0 Å². The molecule has 3 heteroatoms. The van der Waals surface area contributed by atoms with Gasteiger partial charge in [0.1, 0.15) is 5.75 Å². The zero-order chi connectivity index (χ0) is 9.10. The highest BCUT2D eigenvalue weighted by molar-refractivity contribution is 5.60. The molecule has 13 heavy (non-hydrogen) atoms. The normalized spacial score (nSPS) is 19.9. The molecule has 1 aliphatic heterocycles. The van der Waals surface area contributed by atoms with Crippen molar-refractivity contribution in [1.29, 1.82) is 0 Å². The van der Waals surface area contributed by atoms with E-state index in [1.807, 2.05) is 18.3 Å². The van der Waals surface area contributed by atoms with Crippen molar-refractivity contribution in [2.45, 2.75) is 12.5 Å². The van der Waals surface area contributed by atoms with Crippen LogP contribution in [-0.4, -0.2) is 13.3 Å². The molecule has 0 spiro atoms. The van der Waals surface area contributed by atoms with Gasteiger partial charge in [-0.25, -0.2) is 0 Å². The second-order valence-electron chi connectivity index (χ2n) is 3.00. The lowest BCUT2D eigenvalue weighted by atomic mass is 10.1. The molecule has 1 aromatic carbocycles. The van der Waals surface area contributed by atoms with E-state index >= 15 is 0 Å². The van der Waals surface area contributed by atoms with Gasteiger partial charge in [0.2, 0.25) is 0 Å². The third-order valence-corrected chi connectivity index (χ3v) is 2.18. The number of nitrogens with one attached hydrogen (secondary N) is 1. The standard InChI is InChI=1S/C10H12N2O/c1-13-9-4-2-8(3-5-9)10-6-7-11-12-10/h2-5,7,10,12H,6H2,1H3. The first-order chi connectivity index (χ1) is 6.40. The summed E-state index contributed by atoms with van der Waals surface area (Å²) >= 11 is 0. The minimum absolute atomic E-state index is 0.339. The molecule has 0 fully saturated rings. The van der Waals surface area contributed by atoms with E-state index in [0.717, 1.165) is 12.2 Å². The second kappa shape index (κ2) is 3.47. The van der Waals surface area contributed by atoms with Gasteiger partial charge in [-0.1, -0.05) is 12.1 Å². The van der Waals surface area contributed by atoms with Crippen LogP contribution >= 0.6 is 0 Å². The first kappa shape index (κ1) is 8.10. The highest BCUT2D eigenvalue weighted by Gasteiger charge is 2.12. The first-order valence-electron chi connectivity index (χ1n) is 4.31. The SMILES string of the molecule is COc1ccc(C2CC=NN2)cc1. The Bertz CT molecular complexity index is 297. The van der Waals surface area contributed by atoms with Gasteiger partial charge in [-0.3, -0.25) is 0 Å². The number of methoxy groups -OCH3 is 1. The Morgan fingerprint density at radius 2 is 2.15 bits per heavy atom. The molecule has 1 N–H and O–H groups in total. The van der Waals surface area contributed by atoms with E-state index in [9.17, 15) is 0 Å². The molecule has 0 aliphatic carbocycles. The van der Waals surface area contributed by atoms with E-state index in [4.69, 9.17) is 4.74 Å². The van der Waals surface area contributed by atoms with Gasteiger partial charge in [0.05, 0.1) is 13.2 Å². The van der Waals surface area contributed by atoms with E-state index in [-0.39, 0.29) is 0 Å². The molecule has 1 atom stereocenters. The summed E-state index contributed by atoms with van der Waals surface area (Å²) < 4.78 is 5.08. The van der Waals surface area contributed by atoms with Crippen LogP contribution in [0.2, 0.25) is 0 Å². The Morgan fingerprint density at radius 3 is 2.69 bits per heavy atom. The number of benzene rings is 1. The van der Waals surface area contributed by atoms with Crippen molar-refractivity contribution in [3.8, 4) is 5.75 Å². The van der Waals surface area contributed by atoms with Gasteiger partial charge in [0.15, 0.2) is 0 Å². The van der Waals surface area contributed by atoms with Gasteiger partial charge >= 0.3 is 0 Å². The lowest BCUT2D eigenvalue weighted by Crippen LogP contribution is -2.09. The van der Waals surface area contributed by atoms with Crippen LogP contribution in [-0.2, 0) is 0 Å². The Labute approximate surface area is 77.4 Å². The molecule has 0 saturated heterocycles. The Hall–Kier alpha value is -1.51. The van der Waals surface area contributed by atoms with Crippen LogP contribution < -0.4 is 10.2 Å². The van der Waals surface area contributed by atoms with Crippen molar-refractivity contribution < 1.29 is 4.74 Å². The minimum Gasteiger partial charge on any atom is -0.497 e. The third kappa shape index (κ3) is 1.64. The quantitative estimate of drug-likeness (QED) is 0.744. The molecular weight excluding hydrogens is 164 g/mol. The maximum absolute atomic E-state index is 5.08. The zero-order valence-corrected chi connectivity index (χ0v) is 7.53. The fraction of sp³-hybridized carbons (Fsp3) is 0.300. The molecule has 0 bridgehead atoms. The average Bonchev–Trinajstić information content (AvgIpc) is 2.71. The van der Waals surface area contributed by atoms with Crippen molar-refractivity contribution in [3.05, 3.63) is 29.8 Å². The molecule has 1 heterocycles. The second-order valence-corrected chi connectivity index (χ2v) is 3.00. The molecule has 0 radical (unpaired) electrons. The number of hydrogen-bond acceptors (Lipinski definition) is 3. The van der Waals surface area contributed by atoms with Crippen molar-refractivity contribution in [1.82, 2.24) is 5.43 Å². The van der Waals surface area contributed by atoms with Gasteiger partial charge in [0, 0.05) is 12.6 Å². The number of hydrazone groups is 1.